The van der Waals surface area contributed by atoms with E-state index in [1.54, 1.807) is 0 Å². The molecule has 1 aromatic carbocycles. The zero-order valence-corrected chi connectivity index (χ0v) is 7.70. The Hall–Kier alpha value is -0.900. The monoisotopic (exact) mass is 180 g/mol. The quantitative estimate of drug-likeness (QED) is 0.500. The molecule has 0 amide bonds. The summed E-state index contributed by atoms with van der Waals surface area (Å²) in [6, 6.07) is 10.3. The average molecular weight is 180 g/mol. The second-order valence-electron chi connectivity index (χ2n) is 2.77. The zero-order chi connectivity index (χ0) is 9.36. The fraction of sp³-hybridized carbons (Fsp3) is 0.400. The molecule has 0 spiro atoms. The van der Waals surface area contributed by atoms with Gasteiger partial charge in [-0.1, -0.05) is 30.3 Å². The van der Waals surface area contributed by atoms with Gasteiger partial charge >= 0.3 is 0 Å². The van der Waals surface area contributed by atoms with E-state index in [0.29, 0.717) is 19.7 Å². The summed E-state index contributed by atoms with van der Waals surface area (Å²) in [5, 5.41) is 0. The molecule has 3 heteroatoms. The van der Waals surface area contributed by atoms with Gasteiger partial charge in [0.1, 0.15) is 0 Å². The van der Waals surface area contributed by atoms with Crippen LogP contribution >= 0.6 is 0 Å². The standard InChI is InChI=1S/C10H16N2O/c11-7-8-12-13-9-6-10-4-2-1-3-5-10/h1-5,12H,6-9,11H2. The van der Waals surface area contributed by atoms with Crippen LogP contribution in [0.4, 0.5) is 0 Å². The van der Waals surface area contributed by atoms with Crippen molar-refractivity contribution in [3.8, 4) is 0 Å². The Labute approximate surface area is 78.8 Å². The van der Waals surface area contributed by atoms with Gasteiger partial charge in [0.25, 0.3) is 0 Å². The van der Waals surface area contributed by atoms with Gasteiger partial charge in [0.15, 0.2) is 0 Å². The van der Waals surface area contributed by atoms with E-state index in [9.17, 15) is 0 Å². The predicted molar refractivity (Wildman–Crippen MR) is 53.2 cm³/mol. The largest absolute Gasteiger partial charge is 0.329 e. The Bertz CT molecular complexity index is 213. The summed E-state index contributed by atoms with van der Waals surface area (Å²) in [6.07, 6.45) is 0.929. The molecule has 1 aromatic rings. The number of nitrogens with two attached hydrogens (primary N) is 1. The van der Waals surface area contributed by atoms with E-state index in [4.69, 9.17) is 10.6 Å². The van der Waals surface area contributed by atoms with Crippen LogP contribution in [-0.2, 0) is 11.3 Å². The van der Waals surface area contributed by atoms with Crippen LogP contribution in [0.15, 0.2) is 30.3 Å². The molecule has 1 rings (SSSR count). The maximum absolute atomic E-state index is 5.28. The maximum atomic E-state index is 5.28. The molecule has 72 valence electrons. The molecule has 3 nitrogen and oxygen atoms in total. The van der Waals surface area contributed by atoms with E-state index in [2.05, 4.69) is 17.6 Å². The van der Waals surface area contributed by atoms with Crippen molar-refractivity contribution >= 4 is 0 Å². The number of rotatable bonds is 6. The molecule has 0 heterocycles. The second-order valence-corrected chi connectivity index (χ2v) is 2.77. The van der Waals surface area contributed by atoms with Crippen LogP contribution in [0, 0.1) is 0 Å². The molecule has 0 saturated carbocycles. The Morgan fingerprint density at radius 3 is 2.69 bits per heavy atom. The zero-order valence-electron chi connectivity index (χ0n) is 7.70. The number of hydrogen-bond acceptors (Lipinski definition) is 3. The number of benzene rings is 1. The summed E-state index contributed by atoms with van der Waals surface area (Å²) in [4.78, 5) is 5.15. The lowest BCUT2D eigenvalue weighted by molar-refractivity contribution is 0.0454. The van der Waals surface area contributed by atoms with E-state index in [1.165, 1.54) is 5.56 Å². The van der Waals surface area contributed by atoms with Gasteiger partial charge in [-0.05, 0) is 12.0 Å². The van der Waals surface area contributed by atoms with Gasteiger partial charge in [-0.2, -0.15) is 0 Å². The van der Waals surface area contributed by atoms with E-state index < -0.39 is 0 Å². The molecule has 0 fully saturated rings. The fourth-order valence-electron chi connectivity index (χ4n) is 1.02. The first-order valence-electron chi connectivity index (χ1n) is 4.52. The van der Waals surface area contributed by atoms with Crippen molar-refractivity contribution in [1.29, 1.82) is 0 Å². The molecule has 3 N–H and O–H groups in total. The molecular formula is C10H16N2O. The average Bonchev–Trinajstić information content (AvgIpc) is 2.19. The molecule has 0 aliphatic carbocycles. The first kappa shape index (κ1) is 10.2. The van der Waals surface area contributed by atoms with Crippen molar-refractivity contribution in [1.82, 2.24) is 5.48 Å². The Morgan fingerprint density at radius 2 is 2.00 bits per heavy atom. The Balaban J connectivity index is 2.07. The number of hydroxylamine groups is 1. The van der Waals surface area contributed by atoms with Crippen LogP contribution in [-0.4, -0.2) is 19.7 Å². The van der Waals surface area contributed by atoms with E-state index >= 15 is 0 Å². The molecule has 0 aliphatic rings. The molecule has 0 radical (unpaired) electrons. The third-order valence-electron chi connectivity index (χ3n) is 1.68. The van der Waals surface area contributed by atoms with Gasteiger partial charge in [0.2, 0.25) is 0 Å². The van der Waals surface area contributed by atoms with E-state index in [1.807, 2.05) is 18.2 Å². The van der Waals surface area contributed by atoms with Crippen molar-refractivity contribution in [3.63, 3.8) is 0 Å². The molecule has 0 saturated heterocycles. The predicted octanol–water partition coefficient (Wildman–Crippen LogP) is 0.709. The molecule has 0 atom stereocenters. The Kier molecular flexibility index (Phi) is 5.17. The number of hydrogen-bond donors (Lipinski definition) is 2. The van der Waals surface area contributed by atoms with Gasteiger partial charge in [-0.3, -0.25) is 0 Å². The van der Waals surface area contributed by atoms with Crippen LogP contribution in [0.1, 0.15) is 5.56 Å². The molecule has 0 aliphatic heterocycles. The van der Waals surface area contributed by atoms with Crippen molar-refractivity contribution in [2.24, 2.45) is 5.73 Å². The van der Waals surface area contributed by atoms with Crippen molar-refractivity contribution in [2.45, 2.75) is 6.42 Å². The summed E-state index contributed by atoms with van der Waals surface area (Å²) in [5.41, 5.74) is 9.35. The first-order valence-corrected chi connectivity index (χ1v) is 4.52. The van der Waals surface area contributed by atoms with Crippen LogP contribution in [0.2, 0.25) is 0 Å². The fourth-order valence-corrected chi connectivity index (χ4v) is 1.02. The van der Waals surface area contributed by atoms with Crippen LogP contribution in [0.5, 0.6) is 0 Å². The molecule has 0 bridgehead atoms. The van der Waals surface area contributed by atoms with Crippen molar-refractivity contribution in [2.75, 3.05) is 19.7 Å². The molecular weight excluding hydrogens is 164 g/mol. The summed E-state index contributed by atoms with van der Waals surface area (Å²) < 4.78 is 0. The third kappa shape index (κ3) is 4.62. The van der Waals surface area contributed by atoms with Crippen LogP contribution in [0.25, 0.3) is 0 Å². The van der Waals surface area contributed by atoms with Gasteiger partial charge in [-0.25, -0.2) is 5.48 Å². The second kappa shape index (κ2) is 6.60. The summed E-state index contributed by atoms with van der Waals surface area (Å²) in [5.74, 6) is 0. The highest BCUT2D eigenvalue weighted by Gasteiger charge is 1.90. The number of nitrogens with one attached hydrogen (secondary N) is 1. The van der Waals surface area contributed by atoms with Gasteiger partial charge in [0.05, 0.1) is 6.61 Å². The minimum absolute atomic E-state index is 0.603. The van der Waals surface area contributed by atoms with Gasteiger partial charge in [0, 0.05) is 13.1 Å². The van der Waals surface area contributed by atoms with Crippen molar-refractivity contribution in [3.05, 3.63) is 35.9 Å². The van der Waals surface area contributed by atoms with Crippen LogP contribution < -0.4 is 11.2 Å². The highest BCUT2D eigenvalue weighted by molar-refractivity contribution is 5.14. The Morgan fingerprint density at radius 1 is 1.23 bits per heavy atom. The minimum Gasteiger partial charge on any atom is -0.329 e. The maximum Gasteiger partial charge on any atom is 0.0722 e. The molecule has 0 aromatic heterocycles. The summed E-state index contributed by atoms with van der Waals surface area (Å²) in [7, 11) is 0. The molecule has 13 heavy (non-hydrogen) atoms. The lowest BCUT2D eigenvalue weighted by atomic mass is 10.2. The van der Waals surface area contributed by atoms with E-state index in [-0.39, 0.29) is 0 Å². The first-order chi connectivity index (χ1) is 6.43. The minimum atomic E-state index is 0.603. The third-order valence-corrected chi connectivity index (χ3v) is 1.68. The summed E-state index contributed by atoms with van der Waals surface area (Å²) >= 11 is 0. The molecule has 0 unspecified atom stereocenters. The topological polar surface area (TPSA) is 47.3 Å². The highest BCUT2D eigenvalue weighted by atomic mass is 16.6. The normalized spacial score (nSPS) is 10.2. The van der Waals surface area contributed by atoms with Gasteiger partial charge in [-0.15, -0.1) is 0 Å². The van der Waals surface area contributed by atoms with Crippen LogP contribution in [0.3, 0.4) is 0 Å². The van der Waals surface area contributed by atoms with Gasteiger partial charge < -0.3 is 10.6 Å². The SMILES string of the molecule is NCCNOCCc1ccccc1. The smallest absolute Gasteiger partial charge is 0.0722 e. The summed E-state index contributed by atoms with van der Waals surface area (Å²) in [6.45, 7) is 1.99. The van der Waals surface area contributed by atoms with Crippen molar-refractivity contribution < 1.29 is 4.84 Å². The van der Waals surface area contributed by atoms with E-state index in [0.717, 1.165) is 6.42 Å². The lowest BCUT2D eigenvalue weighted by Gasteiger charge is -2.03. The highest BCUT2D eigenvalue weighted by Crippen LogP contribution is 1.98. The lowest BCUT2D eigenvalue weighted by Crippen LogP contribution is -2.23.